The Morgan fingerprint density at radius 2 is 1.86 bits per heavy atom. The van der Waals surface area contributed by atoms with Gasteiger partial charge in [-0.1, -0.05) is 33.6 Å². The van der Waals surface area contributed by atoms with Gasteiger partial charge in [0, 0.05) is 12.6 Å². The number of carboxylic acid groups (broad SMARTS) is 1. The van der Waals surface area contributed by atoms with E-state index in [-0.39, 0.29) is 23.9 Å². The number of carboxylic acids is 1. The van der Waals surface area contributed by atoms with E-state index in [4.69, 9.17) is 5.11 Å². The zero-order valence-corrected chi connectivity index (χ0v) is 13.6. The molecule has 1 saturated carbocycles. The van der Waals surface area contributed by atoms with Crippen LogP contribution in [0.5, 0.6) is 0 Å². The van der Waals surface area contributed by atoms with Crippen LogP contribution in [-0.2, 0) is 4.79 Å². The van der Waals surface area contributed by atoms with E-state index in [0.717, 1.165) is 6.42 Å². The van der Waals surface area contributed by atoms with Crippen LogP contribution in [0.1, 0.15) is 65.7 Å². The maximum absolute atomic E-state index is 12.0. The molecule has 0 aromatic carbocycles. The summed E-state index contributed by atoms with van der Waals surface area (Å²) in [6, 6.07) is -0.537. The van der Waals surface area contributed by atoms with Crippen LogP contribution in [0.15, 0.2) is 0 Å². The van der Waals surface area contributed by atoms with Gasteiger partial charge in [0.15, 0.2) is 0 Å². The third-order valence-electron chi connectivity index (χ3n) is 4.38. The molecule has 3 N–H and O–H groups in total. The lowest BCUT2D eigenvalue weighted by Gasteiger charge is -2.31. The van der Waals surface area contributed by atoms with Crippen LogP contribution in [0.4, 0.5) is 4.79 Å². The molecule has 122 valence electrons. The van der Waals surface area contributed by atoms with E-state index in [2.05, 4.69) is 24.5 Å². The molecule has 0 spiro atoms. The van der Waals surface area contributed by atoms with Gasteiger partial charge < -0.3 is 15.7 Å². The fourth-order valence-electron chi connectivity index (χ4n) is 3.46. The lowest BCUT2D eigenvalue weighted by Crippen LogP contribution is -2.46. The second-order valence-electron chi connectivity index (χ2n) is 6.84. The summed E-state index contributed by atoms with van der Waals surface area (Å²) in [5.74, 6) is -0.252. The third-order valence-corrected chi connectivity index (χ3v) is 4.38. The van der Waals surface area contributed by atoms with Crippen LogP contribution in [0, 0.1) is 11.3 Å². The molecule has 1 atom stereocenters. The highest BCUT2D eigenvalue weighted by Crippen LogP contribution is 2.42. The Morgan fingerprint density at radius 1 is 1.24 bits per heavy atom. The number of urea groups is 1. The quantitative estimate of drug-likeness (QED) is 0.644. The van der Waals surface area contributed by atoms with Gasteiger partial charge in [0.1, 0.15) is 0 Å². The summed E-state index contributed by atoms with van der Waals surface area (Å²) in [7, 11) is 0. The van der Waals surface area contributed by atoms with E-state index in [9.17, 15) is 9.59 Å². The fourth-order valence-corrected chi connectivity index (χ4v) is 3.46. The molecule has 1 aliphatic rings. The number of nitrogens with one attached hydrogen (secondary N) is 2. The molecule has 0 bridgehead atoms. The summed E-state index contributed by atoms with van der Waals surface area (Å²) in [4.78, 5) is 22.7. The lowest BCUT2D eigenvalue weighted by atomic mass is 9.78. The normalized spacial score (nSPS) is 18.5. The van der Waals surface area contributed by atoms with Gasteiger partial charge in [-0.15, -0.1) is 0 Å². The maximum Gasteiger partial charge on any atom is 0.315 e. The Bertz CT molecular complexity index is 349. The third kappa shape index (κ3) is 6.36. The van der Waals surface area contributed by atoms with Crippen molar-refractivity contribution >= 4 is 12.0 Å². The molecule has 0 aromatic rings. The van der Waals surface area contributed by atoms with Crippen molar-refractivity contribution in [1.29, 1.82) is 0 Å². The van der Waals surface area contributed by atoms with Gasteiger partial charge in [-0.25, -0.2) is 4.79 Å². The zero-order valence-electron chi connectivity index (χ0n) is 13.6. The molecule has 2 amide bonds. The standard InChI is InChI=1S/C16H30N2O3/c1-4-13(9-14(19)20)18-15(21)17-11-16(10-12(2)3)7-5-6-8-16/h12-13H,4-11H2,1-3H3,(H,19,20)(H2,17,18,21). The van der Waals surface area contributed by atoms with Gasteiger partial charge in [-0.05, 0) is 37.0 Å². The second kappa shape index (κ2) is 8.25. The Morgan fingerprint density at radius 3 is 2.33 bits per heavy atom. The van der Waals surface area contributed by atoms with E-state index < -0.39 is 5.97 Å². The van der Waals surface area contributed by atoms with Crippen LogP contribution < -0.4 is 10.6 Å². The minimum atomic E-state index is -0.880. The topological polar surface area (TPSA) is 78.4 Å². The zero-order chi connectivity index (χ0) is 15.9. The Labute approximate surface area is 127 Å². The summed E-state index contributed by atoms with van der Waals surface area (Å²) in [5.41, 5.74) is 0.236. The molecule has 0 aliphatic heterocycles. The summed E-state index contributed by atoms with van der Waals surface area (Å²) in [6.07, 6.45) is 6.58. The molecule has 5 heteroatoms. The van der Waals surface area contributed by atoms with E-state index >= 15 is 0 Å². The van der Waals surface area contributed by atoms with Crippen molar-refractivity contribution in [2.45, 2.75) is 71.8 Å². The highest BCUT2D eigenvalue weighted by atomic mass is 16.4. The van der Waals surface area contributed by atoms with Crippen molar-refractivity contribution < 1.29 is 14.7 Å². The van der Waals surface area contributed by atoms with Crippen molar-refractivity contribution in [3.8, 4) is 0 Å². The number of aliphatic carboxylic acids is 1. The van der Waals surface area contributed by atoms with Crippen LogP contribution in [0.3, 0.4) is 0 Å². The number of rotatable bonds is 8. The maximum atomic E-state index is 12.0. The first-order valence-electron chi connectivity index (χ1n) is 8.13. The molecule has 0 heterocycles. The van der Waals surface area contributed by atoms with Gasteiger partial charge in [0.25, 0.3) is 0 Å². The van der Waals surface area contributed by atoms with E-state index in [1.807, 2.05) is 6.92 Å². The Hall–Kier alpha value is -1.26. The van der Waals surface area contributed by atoms with Crippen LogP contribution in [0.25, 0.3) is 0 Å². The fraction of sp³-hybridized carbons (Fsp3) is 0.875. The summed E-state index contributed by atoms with van der Waals surface area (Å²) in [6.45, 7) is 7.02. The monoisotopic (exact) mass is 298 g/mol. The van der Waals surface area contributed by atoms with Crippen LogP contribution in [0.2, 0.25) is 0 Å². The van der Waals surface area contributed by atoms with E-state index in [0.29, 0.717) is 18.9 Å². The Kier molecular flexibility index (Phi) is 6.99. The van der Waals surface area contributed by atoms with Gasteiger partial charge in [0.2, 0.25) is 0 Å². The average Bonchev–Trinajstić information content (AvgIpc) is 2.83. The van der Waals surface area contributed by atoms with Crippen molar-refractivity contribution in [2.24, 2.45) is 11.3 Å². The van der Waals surface area contributed by atoms with E-state index in [1.54, 1.807) is 0 Å². The summed E-state index contributed by atoms with van der Waals surface area (Å²) >= 11 is 0. The molecule has 1 rings (SSSR count). The predicted molar refractivity (Wildman–Crippen MR) is 83.2 cm³/mol. The number of hydrogen-bond donors (Lipinski definition) is 3. The van der Waals surface area contributed by atoms with Gasteiger partial charge in [-0.3, -0.25) is 4.79 Å². The molecule has 1 unspecified atom stereocenters. The minimum Gasteiger partial charge on any atom is -0.481 e. The number of amides is 2. The molecule has 21 heavy (non-hydrogen) atoms. The van der Waals surface area contributed by atoms with Gasteiger partial charge in [0.05, 0.1) is 6.42 Å². The molecular weight excluding hydrogens is 268 g/mol. The first kappa shape index (κ1) is 17.8. The predicted octanol–water partition coefficient (Wildman–Crippen LogP) is 3.15. The molecular formula is C16H30N2O3. The van der Waals surface area contributed by atoms with Gasteiger partial charge >= 0.3 is 12.0 Å². The summed E-state index contributed by atoms with van der Waals surface area (Å²) < 4.78 is 0. The number of carbonyl (C=O) groups excluding carboxylic acids is 1. The van der Waals surface area contributed by atoms with Crippen molar-refractivity contribution in [3.05, 3.63) is 0 Å². The van der Waals surface area contributed by atoms with Crippen molar-refractivity contribution in [3.63, 3.8) is 0 Å². The van der Waals surface area contributed by atoms with Crippen molar-refractivity contribution in [1.82, 2.24) is 10.6 Å². The number of carbonyl (C=O) groups is 2. The minimum absolute atomic E-state index is 0.0267. The van der Waals surface area contributed by atoms with Crippen molar-refractivity contribution in [2.75, 3.05) is 6.54 Å². The molecule has 0 saturated heterocycles. The summed E-state index contributed by atoms with van der Waals surface area (Å²) in [5, 5.41) is 14.5. The Balaban J connectivity index is 2.44. The second-order valence-corrected chi connectivity index (χ2v) is 6.84. The molecule has 0 aromatic heterocycles. The SMILES string of the molecule is CCC(CC(=O)O)NC(=O)NCC1(CC(C)C)CCCC1. The largest absolute Gasteiger partial charge is 0.481 e. The first-order chi connectivity index (χ1) is 9.87. The molecule has 1 aliphatic carbocycles. The van der Waals surface area contributed by atoms with Gasteiger partial charge in [-0.2, -0.15) is 0 Å². The lowest BCUT2D eigenvalue weighted by molar-refractivity contribution is -0.137. The highest BCUT2D eigenvalue weighted by Gasteiger charge is 2.34. The molecule has 0 radical (unpaired) electrons. The molecule has 5 nitrogen and oxygen atoms in total. The van der Waals surface area contributed by atoms with Crippen LogP contribution >= 0.6 is 0 Å². The van der Waals surface area contributed by atoms with Crippen LogP contribution in [-0.4, -0.2) is 29.7 Å². The first-order valence-corrected chi connectivity index (χ1v) is 8.13. The highest BCUT2D eigenvalue weighted by molar-refractivity contribution is 5.75. The molecule has 1 fully saturated rings. The smallest absolute Gasteiger partial charge is 0.315 e. The number of hydrogen-bond acceptors (Lipinski definition) is 2. The average molecular weight is 298 g/mol. The van der Waals surface area contributed by atoms with E-state index in [1.165, 1.54) is 25.7 Å².